The molecule has 0 spiro atoms. The van der Waals surface area contributed by atoms with Crippen LogP contribution in [0, 0.1) is 19.8 Å². The fourth-order valence-electron chi connectivity index (χ4n) is 1.31. The number of nitrogens with one attached hydrogen (secondary N) is 1. The van der Waals surface area contributed by atoms with E-state index in [4.69, 9.17) is 0 Å². The molecule has 1 aromatic rings. The van der Waals surface area contributed by atoms with Gasteiger partial charge < -0.3 is 5.32 Å². The molecule has 1 amide bonds. The van der Waals surface area contributed by atoms with Crippen LogP contribution in [0.5, 0.6) is 0 Å². The quantitative estimate of drug-likeness (QED) is 0.849. The summed E-state index contributed by atoms with van der Waals surface area (Å²) in [5, 5.41) is 2.95. The highest BCUT2D eigenvalue weighted by Gasteiger charge is 2.18. The van der Waals surface area contributed by atoms with Crippen LogP contribution in [0.15, 0.2) is 6.07 Å². The summed E-state index contributed by atoms with van der Waals surface area (Å²) in [6.07, 6.45) is 0. The Balaban J connectivity index is 2.49. The Kier molecular flexibility index (Phi) is 4.99. The predicted octanol–water partition coefficient (Wildman–Crippen LogP) is 3.40. The summed E-state index contributed by atoms with van der Waals surface area (Å²) in [5.41, 5.74) is 1.30. The molecule has 1 heterocycles. The summed E-state index contributed by atoms with van der Waals surface area (Å²) in [7, 11) is 0. The number of alkyl halides is 1. The van der Waals surface area contributed by atoms with Gasteiger partial charge in [0, 0.05) is 9.75 Å². The molecule has 0 aliphatic rings. The maximum absolute atomic E-state index is 11.7. The Morgan fingerprint density at radius 3 is 2.56 bits per heavy atom. The third kappa shape index (κ3) is 3.59. The van der Waals surface area contributed by atoms with Crippen LogP contribution >= 0.6 is 27.3 Å². The number of aryl methyl sites for hydroxylation is 2. The van der Waals surface area contributed by atoms with Crippen LogP contribution in [0.3, 0.4) is 0 Å². The number of carbonyl (C=O) groups is 1. The van der Waals surface area contributed by atoms with Gasteiger partial charge in [0.25, 0.3) is 0 Å². The van der Waals surface area contributed by atoms with Crippen molar-refractivity contribution in [1.29, 1.82) is 0 Å². The van der Waals surface area contributed by atoms with Crippen molar-refractivity contribution in [3.8, 4) is 0 Å². The first-order valence-corrected chi connectivity index (χ1v) is 7.12. The number of amides is 1. The second-order valence-electron chi connectivity index (χ2n) is 4.32. The van der Waals surface area contributed by atoms with Gasteiger partial charge in [-0.2, -0.15) is 0 Å². The molecule has 1 atom stereocenters. The molecule has 0 fully saturated rings. The number of rotatable bonds is 4. The highest BCUT2D eigenvalue weighted by atomic mass is 79.9. The van der Waals surface area contributed by atoms with Crippen LogP contribution in [-0.4, -0.2) is 10.7 Å². The summed E-state index contributed by atoms with van der Waals surface area (Å²) >= 11 is 5.14. The maximum atomic E-state index is 11.7. The number of carbonyl (C=O) groups excluding carboxylic acids is 1. The Morgan fingerprint density at radius 1 is 1.50 bits per heavy atom. The molecule has 0 bridgehead atoms. The van der Waals surface area contributed by atoms with Crippen LogP contribution in [-0.2, 0) is 11.3 Å². The van der Waals surface area contributed by atoms with E-state index in [0.717, 1.165) is 0 Å². The van der Waals surface area contributed by atoms with E-state index in [0.29, 0.717) is 12.5 Å². The fraction of sp³-hybridized carbons (Fsp3) is 0.583. The van der Waals surface area contributed by atoms with Gasteiger partial charge >= 0.3 is 0 Å². The van der Waals surface area contributed by atoms with Crippen LogP contribution in [0.4, 0.5) is 0 Å². The lowest BCUT2D eigenvalue weighted by molar-refractivity contribution is -0.121. The van der Waals surface area contributed by atoms with Crippen molar-refractivity contribution in [3.63, 3.8) is 0 Å². The third-order valence-corrected chi connectivity index (χ3v) is 5.12. The number of hydrogen-bond donors (Lipinski definition) is 1. The van der Waals surface area contributed by atoms with Gasteiger partial charge in [0.2, 0.25) is 5.91 Å². The number of halogens is 1. The van der Waals surface area contributed by atoms with E-state index in [2.05, 4.69) is 41.2 Å². The van der Waals surface area contributed by atoms with Crippen molar-refractivity contribution >= 4 is 33.2 Å². The standard InChI is InChI=1S/C12H18BrNOS/c1-7(2)11(13)12(15)14-6-10-5-8(3)9(4)16-10/h5,7,11H,6H2,1-4H3,(H,14,15). The van der Waals surface area contributed by atoms with E-state index in [1.54, 1.807) is 11.3 Å². The second kappa shape index (κ2) is 5.82. The van der Waals surface area contributed by atoms with Gasteiger partial charge in [-0.1, -0.05) is 29.8 Å². The lowest BCUT2D eigenvalue weighted by Gasteiger charge is -2.13. The zero-order valence-corrected chi connectivity index (χ0v) is 12.5. The van der Waals surface area contributed by atoms with Gasteiger partial charge in [-0.05, 0) is 31.4 Å². The summed E-state index contributed by atoms with van der Waals surface area (Å²) in [5.74, 6) is 0.380. The summed E-state index contributed by atoms with van der Waals surface area (Å²) in [6.45, 7) is 8.88. The van der Waals surface area contributed by atoms with Crippen LogP contribution in [0.2, 0.25) is 0 Å². The zero-order valence-electron chi connectivity index (χ0n) is 10.1. The van der Waals surface area contributed by atoms with E-state index >= 15 is 0 Å². The van der Waals surface area contributed by atoms with Gasteiger partial charge in [-0.25, -0.2) is 0 Å². The molecule has 0 aromatic carbocycles. The lowest BCUT2D eigenvalue weighted by Crippen LogP contribution is -2.33. The van der Waals surface area contributed by atoms with E-state index in [1.165, 1.54) is 15.3 Å². The van der Waals surface area contributed by atoms with Crippen LogP contribution in [0.1, 0.15) is 29.2 Å². The fourth-order valence-corrected chi connectivity index (χ4v) is 2.47. The Labute approximate surface area is 110 Å². The average molecular weight is 304 g/mol. The predicted molar refractivity (Wildman–Crippen MR) is 73.2 cm³/mol. The minimum atomic E-state index is -0.102. The molecular formula is C12H18BrNOS. The van der Waals surface area contributed by atoms with Gasteiger partial charge in [-0.15, -0.1) is 11.3 Å². The first-order chi connectivity index (χ1) is 7.41. The molecule has 90 valence electrons. The minimum absolute atomic E-state index is 0.0682. The zero-order chi connectivity index (χ0) is 12.3. The van der Waals surface area contributed by atoms with Gasteiger partial charge in [0.1, 0.15) is 0 Å². The molecule has 4 heteroatoms. The SMILES string of the molecule is Cc1cc(CNC(=O)C(Br)C(C)C)sc1C. The van der Waals surface area contributed by atoms with Crippen molar-refractivity contribution in [2.24, 2.45) is 5.92 Å². The molecule has 0 aliphatic heterocycles. The maximum Gasteiger partial charge on any atom is 0.234 e. The average Bonchev–Trinajstić information content (AvgIpc) is 2.53. The van der Waals surface area contributed by atoms with Crippen molar-refractivity contribution in [3.05, 3.63) is 21.4 Å². The molecule has 1 rings (SSSR count). The highest BCUT2D eigenvalue weighted by Crippen LogP contribution is 2.20. The van der Waals surface area contributed by atoms with Crippen molar-refractivity contribution in [1.82, 2.24) is 5.32 Å². The van der Waals surface area contributed by atoms with E-state index in [1.807, 2.05) is 13.8 Å². The van der Waals surface area contributed by atoms with Gasteiger partial charge in [0.05, 0.1) is 11.4 Å². The topological polar surface area (TPSA) is 29.1 Å². The molecule has 0 aliphatic carbocycles. The summed E-state index contributed by atoms with van der Waals surface area (Å²) < 4.78 is 0. The van der Waals surface area contributed by atoms with E-state index in [9.17, 15) is 4.79 Å². The normalized spacial score (nSPS) is 12.9. The van der Waals surface area contributed by atoms with Gasteiger partial charge in [-0.3, -0.25) is 4.79 Å². The molecule has 1 aromatic heterocycles. The molecule has 1 N–H and O–H groups in total. The van der Waals surface area contributed by atoms with Crippen molar-refractivity contribution < 1.29 is 4.79 Å². The van der Waals surface area contributed by atoms with Crippen LogP contribution in [0.25, 0.3) is 0 Å². The smallest absolute Gasteiger partial charge is 0.234 e. The summed E-state index contributed by atoms with van der Waals surface area (Å²) in [4.78, 5) is 14.1. The molecule has 0 saturated carbocycles. The first-order valence-electron chi connectivity index (χ1n) is 5.39. The minimum Gasteiger partial charge on any atom is -0.350 e. The molecule has 0 saturated heterocycles. The van der Waals surface area contributed by atoms with E-state index in [-0.39, 0.29) is 10.7 Å². The Morgan fingerprint density at radius 2 is 2.12 bits per heavy atom. The third-order valence-electron chi connectivity index (χ3n) is 2.49. The molecule has 16 heavy (non-hydrogen) atoms. The second-order valence-corrected chi connectivity index (χ2v) is 6.64. The number of thiophene rings is 1. The van der Waals surface area contributed by atoms with Crippen molar-refractivity contribution in [2.45, 2.75) is 39.1 Å². The molecular weight excluding hydrogens is 286 g/mol. The largest absolute Gasteiger partial charge is 0.350 e. The molecule has 1 unspecified atom stereocenters. The Bertz CT molecular complexity index is 354. The highest BCUT2D eigenvalue weighted by molar-refractivity contribution is 9.10. The molecule has 2 nitrogen and oxygen atoms in total. The first kappa shape index (κ1) is 13.7. The molecule has 0 radical (unpaired) electrons. The lowest BCUT2D eigenvalue weighted by atomic mass is 10.1. The number of hydrogen-bond acceptors (Lipinski definition) is 2. The van der Waals surface area contributed by atoms with Crippen LogP contribution < -0.4 is 5.32 Å². The van der Waals surface area contributed by atoms with E-state index < -0.39 is 0 Å². The Hall–Kier alpha value is -0.350. The van der Waals surface area contributed by atoms with Crippen molar-refractivity contribution in [2.75, 3.05) is 0 Å². The summed E-state index contributed by atoms with van der Waals surface area (Å²) in [6, 6.07) is 2.14. The van der Waals surface area contributed by atoms with Gasteiger partial charge in [0.15, 0.2) is 0 Å². The monoisotopic (exact) mass is 303 g/mol.